The molecule has 1 saturated carbocycles. The molecule has 1 unspecified atom stereocenters. The molecular weight excluding hydrogens is 258 g/mol. The van der Waals surface area contributed by atoms with Crippen molar-refractivity contribution < 1.29 is 5.11 Å². The van der Waals surface area contributed by atoms with Gasteiger partial charge in [-0.15, -0.1) is 0 Å². The molecule has 1 N–H and O–H groups in total. The first-order valence-electron chi connectivity index (χ1n) is 8.53. The van der Waals surface area contributed by atoms with Gasteiger partial charge in [0.05, 0.1) is 6.10 Å². The Morgan fingerprint density at radius 3 is 2.29 bits per heavy atom. The molecule has 0 aliphatic heterocycles. The molecule has 0 bridgehead atoms. The highest BCUT2D eigenvalue weighted by atomic mass is 16.3. The first-order valence-corrected chi connectivity index (χ1v) is 8.53. The van der Waals surface area contributed by atoms with Gasteiger partial charge in [-0.2, -0.15) is 0 Å². The van der Waals surface area contributed by atoms with Gasteiger partial charge in [0, 0.05) is 12.6 Å². The van der Waals surface area contributed by atoms with Gasteiger partial charge in [0.1, 0.15) is 0 Å². The van der Waals surface area contributed by atoms with E-state index in [2.05, 4.69) is 50.1 Å². The van der Waals surface area contributed by atoms with Crippen LogP contribution in [-0.2, 0) is 6.42 Å². The SMILES string of the molecule is CC(C)Cc1ccc(C(O)CN(C)C2CCCCC2)cc1. The number of hydrogen-bond acceptors (Lipinski definition) is 2. The van der Waals surface area contributed by atoms with Crippen LogP contribution in [0.25, 0.3) is 0 Å². The molecule has 1 fully saturated rings. The zero-order chi connectivity index (χ0) is 15.2. The van der Waals surface area contributed by atoms with Crippen molar-refractivity contribution in [3.05, 3.63) is 35.4 Å². The Morgan fingerprint density at radius 2 is 1.71 bits per heavy atom. The van der Waals surface area contributed by atoms with E-state index in [-0.39, 0.29) is 6.10 Å². The van der Waals surface area contributed by atoms with Gasteiger partial charge in [0.2, 0.25) is 0 Å². The molecule has 1 aliphatic rings. The molecule has 0 radical (unpaired) electrons. The summed E-state index contributed by atoms with van der Waals surface area (Å²) in [5.41, 5.74) is 2.41. The third-order valence-electron chi connectivity index (χ3n) is 4.67. The number of likely N-dealkylation sites (N-methyl/N-ethyl adjacent to an activating group) is 1. The summed E-state index contributed by atoms with van der Waals surface area (Å²) in [6.45, 7) is 5.22. The molecule has 2 nitrogen and oxygen atoms in total. The van der Waals surface area contributed by atoms with Crippen LogP contribution in [0.4, 0.5) is 0 Å². The number of nitrogens with zero attached hydrogens (tertiary/aromatic N) is 1. The Bertz CT molecular complexity index is 406. The molecule has 1 aliphatic carbocycles. The highest BCUT2D eigenvalue weighted by Crippen LogP contribution is 2.24. The Morgan fingerprint density at radius 1 is 1.10 bits per heavy atom. The van der Waals surface area contributed by atoms with Gasteiger partial charge in [-0.3, -0.25) is 0 Å². The topological polar surface area (TPSA) is 23.5 Å². The Kier molecular flexibility index (Phi) is 6.25. The smallest absolute Gasteiger partial charge is 0.0916 e. The lowest BCUT2D eigenvalue weighted by molar-refractivity contribution is 0.0914. The number of hydrogen-bond donors (Lipinski definition) is 1. The van der Waals surface area contributed by atoms with E-state index in [4.69, 9.17) is 0 Å². The molecule has 0 aromatic heterocycles. The van der Waals surface area contributed by atoms with E-state index >= 15 is 0 Å². The molecule has 1 aromatic carbocycles. The van der Waals surface area contributed by atoms with Crippen LogP contribution in [0.2, 0.25) is 0 Å². The molecule has 0 spiro atoms. The monoisotopic (exact) mass is 289 g/mol. The largest absolute Gasteiger partial charge is 0.387 e. The summed E-state index contributed by atoms with van der Waals surface area (Å²) in [6.07, 6.45) is 7.38. The lowest BCUT2D eigenvalue weighted by Gasteiger charge is -2.32. The number of rotatable bonds is 6. The maximum Gasteiger partial charge on any atom is 0.0916 e. The minimum atomic E-state index is -0.370. The Balaban J connectivity index is 1.88. The zero-order valence-corrected chi connectivity index (χ0v) is 13.9. The van der Waals surface area contributed by atoms with Crippen molar-refractivity contribution >= 4 is 0 Å². The predicted molar refractivity (Wildman–Crippen MR) is 89.4 cm³/mol. The molecule has 21 heavy (non-hydrogen) atoms. The van der Waals surface area contributed by atoms with E-state index in [0.29, 0.717) is 12.0 Å². The average Bonchev–Trinajstić information content (AvgIpc) is 2.48. The maximum absolute atomic E-state index is 10.5. The van der Waals surface area contributed by atoms with Gasteiger partial charge in [0.25, 0.3) is 0 Å². The number of benzene rings is 1. The average molecular weight is 289 g/mol. The van der Waals surface area contributed by atoms with E-state index in [0.717, 1.165) is 18.5 Å². The summed E-state index contributed by atoms with van der Waals surface area (Å²) in [4.78, 5) is 2.35. The van der Waals surface area contributed by atoms with Crippen LogP contribution in [0.1, 0.15) is 63.2 Å². The van der Waals surface area contributed by atoms with Crippen molar-refractivity contribution in [2.45, 2.75) is 64.5 Å². The second-order valence-corrected chi connectivity index (χ2v) is 7.09. The first kappa shape index (κ1) is 16.5. The van der Waals surface area contributed by atoms with E-state index in [9.17, 15) is 5.11 Å². The molecule has 0 saturated heterocycles. The quantitative estimate of drug-likeness (QED) is 0.849. The lowest BCUT2D eigenvalue weighted by atomic mass is 9.94. The van der Waals surface area contributed by atoms with Crippen molar-refractivity contribution in [3.63, 3.8) is 0 Å². The minimum absolute atomic E-state index is 0.370. The number of aliphatic hydroxyl groups excluding tert-OH is 1. The normalized spacial score (nSPS) is 18.4. The van der Waals surface area contributed by atoms with Crippen molar-refractivity contribution in [3.8, 4) is 0 Å². The van der Waals surface area contributed by atoms with Gasteiger partial charge in [-0.25, -0.2) is 0 Å². The van der Waals surface area contributed by atoms with Crippen LogP contribution in [0.15, 0.2) is 24.3 Å². The second kappa shape index (κ2) is 7.95. The Hall–Kier alpha value is -0.860. The summed E-state index contributed by atoms with van der Waals surface area (Å²) < 4.78 is 0. The van der Waals surface area contributed by atoms with Crippen molar-refractivity contribution in [1.82, 2.24) is 4.90 Å². The van der Waals surface area contributed by atoms with E-state index in [1.54, 1.807) is 0 Å². The molecule has 0 amide bonds. The predicted octanol–water partition coefficient (Wildman–Crippen LogP) is 4.18. The molecule has 1 atom stereocenters. The summed E-state index contributed by atoms with van der Waals surface area (Å²) >= 11 is 0. The van der Waals surface area contributed by atoms with E-state index < -0.39 is 0 Å². The number of aliphatic hydroxyl groups is 1. The van der Waals surface area contributed by atoms with Crippen LogP contribution in [0, 0.1) is 5.92 Å². The summed E-state index contributed by atoms with van der Waals surface area (Å²) in [6, 6.07) is 9.18. The van der Waals surface area contributed by atoms with Crippen molar-refractivity contribution in [1.29, 1.82) is 0 Å². The van der Waals surface area contributed by atoms with Crippen molar-refractivity contribution in [2.75, 3.05) is 13.6 Å². The van der Waals surface area contributed by atoms with Crippen LogP contribution in [-0.4, -0.2) is 29.6 Å². The van der Waals surface area contributed by atoms with E-state index in [1.807, 2.05) is 0 Å². The van der Waals surface area contributed by atoms with Gasteiger partial charge in [-0.05, 0) is 43.4 Å². The molecule has 2 rings (SSSR count). The highest BCUT2D eigenvalue weighted by Gasteiger charge is 2.20. The van der Waals surface area contributed by atoms with Gasteiger partial charge in [-0.1, -0.05) is 57.4 Å². The third kappa shape index (κ3) is 5.12. The molecule has 0 heterocycles. The lowest BCUT2D eigenvalue weighted by Crippen LogP contribution is -2.36. The highest BCUT2D eigenvalue weighted by molar-refractivity contribution is 5.24. The van der Waals surface area contributed by atoms with Crippen LogP contribution >= 0.6 is 0 Å². The molecule has 2 heteroatoms. The van der Waals surface area contributed by atoms with Crippen LogP contribution in [0.5, 0.6) is 0 Å². The molecular formula is C19H31NO. The molecule has 118 valence electrons. The first-order chi connectivity index (χ1) is 10.1. The fraction of sp³-hybridized carbons (Fsp3) is 0.684. The fourth-order valence-corrected chi connectivity index (χ4v) is 3.40. The standard InChI is InChI=1S/C19H31NO/c1-15(2)13-16-9-11-17(12-10-16)19(21)14-20(3)18-7-5-4-6-8-18/h9-12,15,18-19,21H,4-8,13-14H2,1-3H3. The fourth-order valence-electron chi connectivity index (χ4n) is 3.40. The molecule has 1 aromatic rings. The maximum atomic E-state index is 10.5. The minimum Gasteiger partial charge on any atom is -0.387 e. The van der Waals surface area contributed by atoms with Gasteiger partial charge >= 0.3 is 0 Å². The Labute approximate surface area is 130 Å². The zero-order valence-electron chi connectivity index (χ0n) is 13.9. The summed E-state index contributed by atoms with van der Waals surface area (Å²) in [5, 5.41) is 10.5. The second-order valence-electron chi connectivity index (χ2n) is 7.09. The van der Waals surface area contributed by atoms with Crippen LogP contribution in [0.3, 0.4) is 0 Å². The van der Waals surface area contributed by atoms with Gasteiger partial charge < -0.3 is 10.0 Å². The third-order valence-corrected chi connectivity index (χ3v) is 4.67. The van der Waals surface area contributed by atoms with Crippen LogP contribution < -0.4 is 0 Å². The summed E-state index contributed by atoms with van der Waals surface area (Å²) in [5.74, 6) is 0.679. The van der Waals surface area contributed by atoms with E-state index in [1.165, 1.54) is 37.7 Å². The van der Waals surface area contributed by atoms with Crippen molar-refractivity contribution in [2.24, 2.45) is 5.92 Å². The van der Waals surface area contributed by atoms with Gasteiger partial charge in [0.15, 0.2) is 0 Å². The summed E-state index contributed by atoms with van der Waals surface area (Å²) in [7, 11) is 2.16.